The maximum Gasteiger partial charge on any atom is 0.406 e. The molecule has 0 rings (SSSR count). The summed E-state index contributed by atoms with van der Waals surface area (Å²) >= 11 is 0. The summed E-state index contributed by atoms with van der Waals surface area (Å²) in [7, 11) is -1.65. The van der Waals surface area contributed by atoms with Crippen molar-refractivity contribution in [1.29, 1.82) is 0 Å². The molecule has 0 aromatic carbocycles. The molecule has 0 fully saturated rings. The number of carboxylic acid groups (broad SMARTS) is 1. The standard InChI is InChI=1S/C8H19NO3Si/c1-5-6-7(9-8(10)11)12-13(2,3)4/h7,9H,5-6H2,1-4H3,(H,10,11). The van der Waals surface area contributed by atoms with Gasteiger partial charge in [-0.3, -0.25) is 5.32 Å². The first-order valence-electron chi connectivity index (χ1n) is 4.52. The Morgan fingerprint density at radius 2 is 2.08 bits per heavy atom. The maximum absolute atomic E-state index is 10.4. The van der Waals surface area contributed by atoms with Crippen LogP contribution in [0.1, 0.15) is 19.8 Å². The molecule has 0 saturated heterocycles. The van der Waals surface area contributed by atoms with Crippen LogP contribution in [-0.2, 0) is 4.43 Å². The zero-order valence-corrected chi connectivity index (χ0v) is 9.76. The lowest BCUT2D eigenvalue weighted by Crippen LogP contribution is -2.42. The van der Waals surface area contributed by atoms with Crippen molar-refractivity contribution in [3.63, 3.8) is 0 Å². The zero-order valence-electron chi connectivity index (χ0n) is 8.76. The molecular formula is C8H19NO3Si. The zero-order chi connectivity index (χ0) is 10.5. The Kier molecular flexibility index (Phi) is 5.01. The van der Waals surface area contributed by atoms with Gasteiger partial charge in [-0.2, -0.15) is 0 Å². The van der Waals surface area contributed by atoms with Gasteiger partial charge in [-0.1, -0.05) is 13.3 Å². The van der Waals surface area contributed by atoms with Gasteiger partial charge in [0.15, 0.2) is 8.32 Å². The van der Waals surface area contributed by atoms with Crippen LogP contribution in [-0.4, -0.2) is 25.7 Å². The van der Waals surface area contributed by atoms with E-state index in [1.807, 2.05) is 26.6 Å². The average Bonchev–Trinajstić information content (AvgIpc) is 1.81. The van der Waals surface area contributed by atoms with Crippen LogP contribution in [0, 0.1) is 0 Å². The molecule has 0 spiro atoms. The van der Waals surface area contributed by atoms with E-state index in [9.17, 15) is 4.79 Å². The second-order valence-electron chi connectivity index (χ2n) is 3.96. The van der Waals surface area contributed by atoms with Gasteiger partial charge in [-0.05, 0) is 26.1 Å². The molecule has 0 bridgehead atoms. The highest BCUT2D eigenvalue weighted by molar-refractivity contribution is 6.69. The Bertz CT molecular complexity index is 167. The van der Waals surface area contributed by atoms with Crippen molar-refractivity contribution >= 4 is 14.4 Å². The van der Waals surface area contributed by atoms with Crippen LogP contribution >= 0.6 is 0 Å². The third kappa shape index (κ3) is 7.80. The number of hydrogen-bond acceptors (Lipinski definition) is 2. The highest BCUT2D eigenvalue weighted by Gasteiger charge is 2.21. The summed E-state index contributed by atoms with van der Waals surface area (Å²) in [5, 5.41) is 10.9. The van der Waals surface area contributed by atoms with Crippen molar-refractivity contribution in [2.24, 2.45) is 0 Å². The second kappa shape index (κ2) is 5.24. The fourth-order valence-electron chi connectivity index (χ4n) is 0.987. The molecule has 1 amide bonds. The van der Waals surface area contributed by atoms with Crippen LogP contribution in [0.25, 0.3) is 0 Å². The van der Waals surface area contributed by atoms with Crippen molar-refractivity contribution in [3.8, 4) is 0 Å². The molecule has 0 heterocycles. The summed E-state index contributed by atoms with van der Waals surface area (Å²) in [5.74, 6) is 0. The van der Waals surface area contributed by atoms with E-state index >= 15 is 0 Å². The van der Waals surface area contributed by atoms with E-state index in [-0.39, 0.29) is 6.23 Å². The van der Waals surface area contributed by atoms with Gasteiger partial charge in [0, 0.05) is 0 Å². The molecule has 5 heteroatoms. The molecule has 0 saturated carbocycles. The molecule has 0 aliphatic heterocycles. The fraction of sp³-hybridized carbons (Fsp3) is 0.875. The van der Waals surface area contributed by atoms with Gasteiger partial charge in [-0.25, -0.2) is 4.79 Å². The number of rotatable bonds is 5. The summed E-state index contributed by atoms with van der Waals surface area (Å²) in [6.45, 7) is 8.13. The number of nitrogens with one attached hydrogen (secondary N) is 1. The second-order valence-corrected chi connectivity index (χ2v) is 8.42. The summed E-state index contributed by atoms with van der Waals surface area (Å²) < 4.78 is 5.64. The van der Waals surface area contributed by atoms with Crippen LogP contribution in [0.2, 0.25) is 19.6 Å². The third-order valence-electron chi connectivity index (χ3n) is 1.33. The molecule has 1 unspecified atom stereocenters. The minimum Gasteiger partial charge on any atom is -0.465 e. The van der Waals surface area contributed by atoms with Crippen LogP contribution < -0.4 is 5.32 Å². The topological polar surface area (TPSA) is 58.6 Å². The SMILES string of the molecule is CCCC(NC(=O)O)O[Si](C)(C)C. The normalized spacial score (nSPS) is 13.8. The summed E-state index contributed by atoms with van der Waals surface area (Å²) in [6, 6.07) is 0. The van der Waals surface area contributed by atoms with E-state index in [1.54, 1.807) is 0 Å². The van der Waals surface area contributed by atoms with E-state index in [1.165, 1.54) is 0 Å². The highest BCUT2D eigenvalue weighted by Crippen LogP contribution is 2.09. The van der Waals surface area contributed by atoms with Gasteiger partial charge >= 0.3 is 6.09 Å². The quantitative estimate of drug-likeness (QED) is 0.534. The molecule has 0 aromatic rings. The Morgan fingerprint density at radius 1 is 1.54 bits per heavy atom. The molecule has 13 heavy (non-hydrogen) atoms. The Morgan fingerprint density at radius 3 is 2.38 bits per heavy atom. The minimum atomic E-state index is -1.65. The van der Waals surface area contributed by atoms with Crippen LogP contribution in [0.15, 0.2) is 0 Å². The van der Waals surface area contributed by atoms with Gasteiger partial charge in [0.25, 0.3) is 0 Å². The number of carbonyl (C=O) groups is 1. The van der Waals surface area contributed by atoms with Crippen molar-refractivity contribution < 1.29 is 14.3 Å². The molecule has 0 radical (unpaired) electrons. The van der Waals surface area contributed by atoms with Gasteiger partial charge in [-0.15, -0.1) is 0 Å². The largest absolute Gasteiger partial charge is 0.465 e. The third-order valence-corrected chi connectivity index (χ3v) is 2.32. The van der Waals surface area contributed by atoms with Gasteiger partial charge < -0.3 is 9.53 Å². The predicted octanol–water partition coefficient (Wildman–Crippen LogP) is 2.23. The summed E-state index contributed by atoms with van der Waals surface area (Å²) in [4.78, 5) is 10.4. The first-order valence-corrected chi connectivity index (χ1v) is 7.93. The van der Waals surface area contributed by atoms with Crippen LogP contribution in [0.4, 0.5) is 4.79 Å². The molecule has 2 N–H and O–H groups in total. The van der Waals surface area contributed by atoms with Gasteiger partial charge in [0.05, 0.1) is 0 Å². The monoisotopic (exact) mass is 205 g/mol. The molecule has 0 aliphatic rings. The summed E-state index contributed by atoms with van der Waals surface area (Å²) in [5.41, 5.74) is 0. The smallest absolute Gasteiger partial charge is 0.406 e. The van der Waals surface area contributed by atoms with E-state index in [2.05, 4.69) is 5.32 Å². The molecule has 0 aliphatic carbocycles. The molecule has 4 nitrogen and oxygen atoms in total. The Labute approximate surface area is 80.4 Å². The first kappa shape index (κ1) is 12.4. The van der Waals surface area contributed by atoms with Gasteiger partial charge in [0.2, 0.25) is 0 Å². The van der Waals surface area contributed by atoms with Crippen molar-refractivity contribution in [1.82, 2.24) is 5.32 Å². The predicted molar refractivity (Wildman–Crippen MR) is 54.3 cm³/mol. The van der Waals surface area contributed by atoms with Crippen LogP contribution in [0.5, 0.6) is 0 Å². The van der Waals surface area contributed by atoms with Crippen molar-refractivity contribution in [3.05, 3.63) is 0 Å². The molecule has 78 valence electrons. The first-order chi connectivity index (χ1) is 5.85. The van der Waals surface area contributed by atoms with Crippen molar-refractivity contribution in [2.75, 3.05) is 0 Å². The number of hydrogen-bond donors (Lipinski definition) is 2. The lowest BCUT2D eigenvalue weighted by atomic mass is 10.3. The number of amides is 1. The minimum absolute atomic E-state index is 0.339. The fourth-order valence-corrected chi connectivity index (χ4v) is 2.02. The van der Waals surface area contributed by atoms with Crippen LogP contribution in [0.3, 0.4) is 0 Å². The van der Waals surface area contributed by atoms with E-state index in [0.29, 0.717) is 0 Å². The average molecular weight is 205 g/mol. The van der Waals surface area contributed by atoms with Gasteiger partial charge in [0.1, 0.15) is 6.23 Å². The Hall–Kier alpha value is -0.553. The highest BCUT2D eigenvalue weighted by atomic mass is 28.4. The van der Waals surface area contributed by atoms with Crippen molar-refractivity contribution in [2.45, 2.75) is 45.6 Å². The lowest BCUT2D eigenvalue weighted by Gasteiger charge is -2.25. The molecule has 0 aromatic heterocycles. The lowest BCUT2D eigenvalue weighted by molar-refractivity contribution is 0.127. The van der Waals surface area contributed by atoms with E-state index in [4.69, 9.17) is 9.53 Å². The molecule has 1 atom stereocenters. The maximum atomic E-state index is 10.4. The van der Waals surface area contributed by atoms with E-state index in [0.717, 1.165) is 12.8 Å². The molecular weight excluding hydrogens is 186 g/mol. The Balaban J connectivity index is 4.01. The summed E-state index contributed by atoms with van der Waals surface area (Å²) in [6.07, 6.45) is 0.289. The van der Waals surface area contributed by atoms with E-state index < -0.39 is 14.4 Å².